The van der Waals surface area contributed by atoms with E-state index in [1.54, 1.807) is 24.3 Å². The third-order valence-electron chi connectivity index (χ3n) is 5.59. The Bertz CT molecular complexity index is 1370. The molecule has 0 unspecified atom stereocenters. The summed E-state index contributed by atoms with van der Waals surface area (Å²) < 4.78 is 58.3. The molecule has 16 heteroatoms. The van der Waals surface area contributed by atoms with E-state index in [4.69, 9.17) is 0 Å². The van der Waals surface area contributed by atoms with Crippen molar-refractivity contribution in [1.82, 2.24) is 49.0 Å². The third-order valence-corrected chi connectivity index (χ3v) is 9.42. The van der Waals surface area contributed by atoms with E-state index in [-0.39, 0.29) is 36.0 Å². The highest BCUT2D eigenvalue weighted by molar-refractivity contribution is 7.89. The van der Waals surface area contributed by atoms with Crippen LogP contribution in [-0.2, 0) is 20.0 Å². The Balaban J connectivity index is 1.30. The van der Waals surface area contributed by atoms with Gasteiger partial charge in [0.05, 0.1) is 21.2 Å². The molecule has 0 amide bonds. The molecule has 1 aliphatic heterocycles. The standard InChI is InChI=1S/C19H20N10O4S2/c30-34(31,18-6-2-16(3-7-18)28-14-20-22-24-28)26-10-1-11-27(13-12-26)35(32,33)19-8-4-17(5-9-19)29-15-21-23-25-29/h2-9,14-15H,1,10-13H2. The zero-order valence-corrected chi connectivity index (χ0v) is 19.9. The highest BCUT2D eigenvalue weighted by atomic mass is 32.2. The fourth-order valence-electron chi connectivity index (χ4n) is 3.75. The number of tetrazole rings is 2. The molecule has 1 aliphatic rings. The summed E-state index contributed by atoms with van der Waals surface area (Å²) in [5, 5.41) is 21.8. The summed E-state index contributed by atoms with van der Waals surface area (Å²) in [5.41, 5.74) is 1.24. The summed E-state index contributed by atoms with van der Waals surface area (Å²) in [6, 6.07) is 12.4. The Morgan fingerprint density at radius 3 is 1.31 bits per heavy atom. The summed E-state index contributed by atoms with van der Waals surface area (Å²) in [6.45, 7) is 0.501. The molecular formula is C19H20N10O4S2. The molecule has 182 valence electrons. The summed E-state index contributed by atoms with van der Waals surface area (Å²) in [4.78, 5) is 0.229. The Morgan fingerprint density at radius 2 is 0.971 bits per heavy atom. The summed E-state index contributed by atoms with van der Waals surface area (Å²) >= 11 is 0. The molecule has 0 N–H and O–H groups in total. The fourth-order valence-corrected chi connectivity index (χ4v) is 6.69. The molecule has 0 atom stereocenters. The Hall–Kier alpha value is -3.60. The van der Waals surface area contributed by atoms with Crippen molar-refractivity contribution in [1.29, 1.82) is 0 Å². The lowest BCUT2D eigenvalue weighted by molar-refractivity contribution is 0.404. The molecule has 2 aromatic carbocycles. The van der Waals surface area contributed by atoms with Gasteiger partial charge in [-0.15, -0.1) is 10.2 Å². The van der Waals surface area contributed by atoms with Crippen molar-refractivity contribution in [2.24, 2.45) is 0 Å². The van der Waals surface area contributed by atoms with E-state index in [9.17, 15) is 16.8 Å². The first-order valence-corrected chi connectivity index (χ1v) is 13.4. The maximum absolute atomic E-state index is 13.2. The Morgan fingerprint density at radius 1 is 0.571 bits per heavy atom. The second kappa shape index (κ2) is 9.21. The van der Waals surface area contributed by atoms with Crippen molar-refractivity contribution in [3.05, 3.63) is 61.2 Å². The lowest BCUT2D eigenvalue weighted by Gasteiger charge is -2.22. The molecule has 0 spiro atoms. The molecular weight excluding hydrogens is 496 g/mol. The molecule has 0 bridgehead atoms. The summed E-state index contributed by atoms with van der Waals surface area (Å²) in [6.07, 6.45) is 3.18. The summed E-state index contributed by atoms with van der Waals surface area (Å²) in [5.74, 6) is 0. The number of hydrogen-bond donors (Lipinski definition) is 0. The molecule has 35 heavy (non-hydrogen) atoms. The van der Waals surface area contributed by atoms with E-state index >= 15 is 0 Å². The molecule has 1 saturated heterocycles. The zero-order chi connectivity index (χ0) is 24.5. The molecule has 3 heterocycles. The molecule has 4 aromatic rings. The van der Waals surface area contributed by atoms with Crippen molar-refractivity contribution in [3.63, 3.8) is 0 Å². The predicted octanol–water partition coefficient (Wildman–Crippen LogP) is -0.277. The van der Waals surface area contributed by atoms with Gasteiger partial charge in [0.25, 0.3) is 0 Å². The van der Waals surface area contributed by atoms with Crippen LogP contribution in [0.1, 0.15) is 6.42 Å². The second-order valence-electron chi connectivity index (χ2n) is 7.66. The minimum absolute atomic E-state index is 0.0407. The van der Waals surface area contributed by atoms with Gasteiger partial charge in [-0.25, -0.2) is 26.2 Å². The predicted molar refractivity (Wildman–Crippen MR) is 120 cm³/mol. The topological polar surface area (TPSA) is 162 Å². The van der Waals surface area contributed by atoms with E-state index in [2.05, 4.69) is 31.1 Å². The van der Waals surface area contributed by atoms with E-state index < -0.39 is 20.0 Å². The maximum Gasteiger partial charge on any atom is 0.243 e. The van der Waals surface area contributed by atoms with Gasteiger partial charge < -0.3 is 0 Å². The third kappa shape index (κ3) is 4.55. The van der Waals surface area contributed by atoms with Crippen molar-refractivity contribution in [2.45, 2.75) is 16.2 Å². The Labute approximate surface area is 200 Å². The van der Waals surface area contributed by atoms with Crippen molar-refractivity contribution < 1.29 is 16.8 Å². The second-order valence-corrected chi connectivity index (χ2v) is 11.5. The molecule has 1 fully saturated rings. The molecule has 0 radical (unpaired) electrons. The van der Waals surface area contributed by atoms with E-state index in [0.29, 0.717) is 17.8 Å². The lowest BCUT2D eigenvalue weighted by Crippen LogP contribution is -2.37. The minimum Gasteiger partial charge on any atom is -0.207 e. The molecule has 0 aliphatic carbocycles. The first-order chi connectivity index (χ1) is 16.9. The number of aromatic nitrogens is 8. The normalized spacial score (nSPS) is 16.2. The minimum atomic E-state index is -3.81. The van der Waals surface area contributed by atoms with E-state index in [1.165, 1.54) is 54.9 Å². The van der Waals surface area contributed by atoms with Crippen LogP contribution in [0.3, 0.4) is 0 Å². The van der Waals surface area contributed by atoms with Gasteiger partial charge in [0.15, 0.2) is 0 Å². The van der Waals surface area contributed by atoms with Gasteiger partial charge in [-0.1, -0.05) is 0 Å². The monoisotopic (exact) mass is 516 g/mol. The highest BCUT2D eigenvalue weighted by Gasteiger charge is 2.31. The van der Waals surface area contributed by atoms with Crippen LogP contribution in [0.15, 0.2) is 71.0 Å². The van der Waals surface area contributed by atoms with Gasteiger partial charge in [-0.3, -0.25) is 0 Å². The van der Waals surface area contributed by atoms with Gasteiger partial charge in [0.1, 0.15) is 12.7 Å². The van der Waals surface area contributed by atoms with Gasteiger partial charge >= 0.3 is 0 Å². The summed E-state index contributed by atoms with van der Waals surface area (Å²) in [7, 11) is -7.61. The smallest absolute Gasteiger partial charge is 0.207 e. The van der Waals surface area contributed by atoms with Gasteiger partial charge in [0, 0.05) is 26.2 Å². The van der Waals surface area contributed by atoms with E-state index in [1.807, 2.05) is 0 Å². The molecule has 5 rings (SSSR count). The SMILES string of the molecule is O=S(=O)(c1ccc(-n2cnnn2)cc1)N1CCCN(S(=O)(=O)c2ccc(-n3cnnn3)cc2)CC1. The zero-order valence-electron chi connectivity index (χ0n) is 18.2. The first kappa shape index (κ1) is 23.2. The maximum atomic E-state index is 13.2. The average molecular weight is 517 g/mol. The van der Waals surface area contributed by atoms with Crippen LogP contribution >= 0.6 is 0 Å². The van der Waals surface area contributed by atoms with Crippen molar-refractivity contribution in [3.8, 4) is 11.4 Å². The van der Waals surface area contributed by atoms with Crippen LogP contribution < -0.4 is 0 Å². The van der Waals surface area contributed by atoms with Gasteiger partial charge in [-0.2, -0.15) is 8.61 Å². The van der Waals surface area contributed by atoms with Gasteiger partial charge in [0.2, 0.25) is 20.0 Å². The van der Waals surface area contributed by atoms with Crippen LogP contribution in [0, 0.1) is 0 Å². The highest BCUT2D eigenvalue weighted by Crippen LogP contribution is 2.23. The fraction of sp³-hybridized carbons (Fsp3) is 0.263. The largest absolute Gasteiger partial charge is 0.243 e. The van der Waals surface area contributed by atoms with Gasteiger partial charge in [-0.05, 0) is 75.8 Å². The van der Waals surface area contributed by atoms with Crippen LogP contribution in [-0.4, -0.2) is 92.0 Å². The van der Waals surface area contributed by atoms with Crippen LogP contribution in [0.2, 0.25) is 0 Å². The average Bonchev–Trinajstić information content (AvgIpc) is 3.55. The number of rotatable bonds is 6. The van der Waals surface area contributed by atoms with Crippen molar-refractivity contribution in [2.75, 3.05) is 26.2 Å². The molecule has 2 aromatic heterocycles. The first-order valence-electron chi connectivity index (χ1n) is 10.5. The van der Waals surface area contributed by atoms with Crippen LogP contribution in [0.4, 0.5) is 0 Å². The Kier molecular flexibility index (Phi) is 6.10. The number of benzene rings is 2. The van der Waals surface area contributed by atoms with E-state index in [0.717, 1.165) is 0 Å². The number of hydrogen-bond acceptors (Lipinski definition) is 10. The number of sulfonamides is 2. The molecule has 0 saturated carbocycles. The van der Waals surface area contributed by atoms with Crippen LogP contribution in [0.5, 0.6) is 0 Å². The quantitative estimate of drug-likeness (QED) is 0.333. The molecule has 14 nitrogen and oxygen atoms in total. The van der Waals surface area contributed by atoms with Crippen LogP contribution in [0.25, 0.3) is 11.4 Å². The van der Waals surface area contributed by atoms with Crippen molar-refractivity contribution >= 4 is 20.0 Å². The number of nitrogens with zero attached hydrogens (tertiary/aromatic N) is 10. The lowest BCUT2D eigenvalue weighted by atomic mass is 10.3.